The van der Waals surface area contributed by atoms with Crippen LogP contribution in [0.1, 0.15) is 44.8 Å². The summed E-state index contributed by atoms with van der Waals surface area (Å²) >= 11 is 0. The predicted molar refractivity (Wildman–Crippen MR) is 93.0 cm³/mol. The molecule has 2 aromatic heterocycles. The van der Waals surface area contributed by atoms with E-state index in [-0.39, 0.29) is 5.41 Å². The molecule has 23 heavy (non-hydrogen) atoms. The standard InChI is InChI=1S/C19H24N4/c1-5-18-20-9-10-22(18)12-16-13-23(14-21-16)17-8-6-7-15(11-17)19(2,3)4/h6-11,13-14H,5,12H2,1-4H3. The summed E-state index contributed by atoms with van der Waals surface area (Å²) in [6.07, 6.45) is 8.78. The van der Waals surface area contributed by atoms with E-state index in [1.165, 1.54) is 5.56 Å². The first-order valence-electron chi connectivity index (χ1n) is 8.11. The average Bonchev–Trinajstić information content (AvgIpc) is 3.16. The van der Waals surface area contributed by atoms with Crippen LogP contribution >= 0.6 is 0 Å². The Bertz CT molecular complexity index is 790. The van der Waals surface area contributed by atoms with Gasteiger partial charge in [0, 0.05) is 30.7 Å². The molecule has 1 aromatic carbocycles. The minimum atomic E-state index is 0.145. The molecule has 0 bridgehead atoms. The lowest BCUT2D eigenvalue weighted by atomic mass is 9.87. The van der Waals surface area contributed by atoms with E-state index in [2.05, 4.69) is 77.3 Å². The van der Waals surface area contributed by atoms with Crippen molar-refractivity contribution in [1.82, 2.24) is 19.1 Å². The Morgan fingerprint density at radius 2 is 1.96 bits per heavy atom. The summed E-state index contributed by atoms with van der Waals surface area (Å²) in [6.45, 7) is 9.58. The number of nitrogens with zero attached hydrogens (tertiary/aromatic N) is 4. The fraction of sp³-hybridized carbons (Fsp3) is 0.368. The molecule has 0 N–H and O–H groups in total. The molecule has 0 radical (unpaired) electrons. The average molecular weight is 308 g/mol. The summed E-state index contributed by atoms with van der Waals surface area (Å²) in [7, 11) is 0. The first-order chi connectivity index (χ1) is 11.0. The van der Waals surface area contributed by atoms with Crippen LogP contribution in [0.15, 0.2) is 49.2 Å². The third kappa shape index (κ3) is 3.36. The van der Waals surface area contributed by atoms with E-state index in [0.29, 0.717) is 0 Å². The van der Waals surface area contributed by atoms with Gasteiger partial charge in [-0.25, -0.2) is 9.97 Å². The van der Waals surface area contributed by atoms with Crippen molar-refractivity contribution < 1.29 is 0 Å². The fourth-order valence-electron chi connectivity index (χ4n) is 2.69. The third-order valence-electron chi connectivity index (χ3n) is 4.10. The van der Waals surface area contributed by atoms with Gasteiger partial charge in [0.15, 0.2) is 0 Å². The second-order valence-electron chi connectivity index (χ2n) is 6.90. The molecular formula is C19H24N4. The molecule has 0 unspecified atom stereocenters. The molecule has 4 heteroatoms. The molecule has 0 saturated carbocycles. The number of rotatable bonds is 4. The summed E-state index contributed by atoms with van der Waals surface area (Å²) in [5.41, 5.74) is 3.66. The van der Waals surface area contributed by atoms with Gasteiger partial charge < -0.3 is 9.13 Å². The Kier molecular flexibility index (Phi) is 4.07. The normalized spacial score (nSPS) is 11.8. The van der Waals surface area contributed by atoms with Crippen LogP contribution in [-0.2, 0) is 18.4 Å². The molecule has 3 aromatic rings. The highest BCUT2D eigenvalue weighted by atomic mass is 15.1. The molecule has 2 heterocycles. The molecule has 120 valence electrons. The van der Waals surface area contributed by atoms with Crippen molar-refractivity contribution in [3.05, 3.63) is 66.3 Å². The molecule has 0 saturated heterocycles. The zero-order valence-corrected chi connectivity index (χ0v) is 14.3. The van der Waals surface area contributed by atoms with E-state index >= 15 is 0 Å². The highest BCUT2D eigenvalue weighted by molar-refractivity contribution is 5.38. The maximum Gasteiger partial charge on any atom is 0.108 e. The molecule has 0 aliphatic rings. The Labute approximate surface area is 137 Å². The molecule has 0 aliphatic heterocycles. The van der Waals surface area contributed by atoms with Crippen LogP contribution < -0.4 is 0 Å². The number of hydrogen-bond donors (Lipinski definition) is 0. The van der Waals surface area contributed by atoms with Crippen molar-refractivity contribution in [3.8, 4) is 5.69 Å². The van der Waals surface area contributed by atoms with Crippen LogP contribution in [0.25, 0.3) is 5.69 Å². The van der Waals surface area contributed by atoms with Crippen molar-refractivity contribution in [2.24, 2.45) is 0 Å². The van der Waals surface area contributed by atoms with Gasteiger partial charge in [-0.3, -0.25) is 0 Å². The van der Waals surface area contributed by atoms with Crippen molar-refractivity contribution >= 4 is 0 Å². The minimum Gasteiger partial charge on any atom is -0.329 e. The zero-order chi connectivity index (χ0) is 16.4. The van der Waals surface area contributed by atoms with E-state index in [0.717, 1.165) is 30.2 Å². The second-order valence-corrected chi connectivity index (χ2v) is 6.90. The van der Waals surface area contributed by atoms with E-state index in [9.17, 15) is 0 Å². The molecule has 0 spiro atoms. The summed E-state index contributed by atoms with van der Waals surface area (Å²) in [5, 5.41) is 0. The van der Waals surface area contributed by atoms with Gasteiger partial charge in [-0.05, 0) is 23.1 Å². The van der Waals surface area contributed by atoms with Crippen LogP contribution in [0.3, 0.4) is 0 Å². The SMILES string of the molecule is CCc1nccn1Cc1cn(-c2cccc(C(C)(C)C)c2)cn1. The minimum absolute atomic E-state index is 0.145. The number of aromatic nitrogens is 4. The largest absolute Gasteiger partial charge is 0.329 e. The topological polar surface area (TPSA) is 35.6 Å². The molecule has 0 aliphatic carbocycles. The lowest BCUT2D eigenvalue weighted by Gasteiger charge is -2.19. The summed E-state index contributed by atoms with van der Waals surface area (Å²) in [5.74, 6) is 1.09. The first kappa shape index (κ1) is 15.5. The van der Waals surface area contributed by atoms with Crippen LogP contribution in [0.5, 0.6) is 0 Å². The van der Waals surface area contributed by atoms with E-state index in [1.807, 2.05) is 18.7 Å². The third-order valence-corrected chi connectivity index (χ3v) is 4.10. The smallest absolute Gasteiger partial charge is 0.108 e. The summed E-state index contributed by atoms with van der Waals surface area (Å²) in [6, 6.07) is 8.65. The fourth-order valence-corrected chi connectivity index (χ4v) is 2.69. The maximum absolute atomic E-state index is 4.55. The van der Waals surface area contributed by atoms with Gasteiger partial charge in [0.05, 0.1) is 18.6 Å². The highest BCUT2D eigenvalue weighted by Crippen LogP contribution is 2.24. The Hall–Kier alpha value is -2.36. The summed E-state index contributed by atoms with van der Waals surface area (Å²) in [4.78, 5) is 8.91. The number of benzene rings is 1. The number of aryl methyl sites for hydroxylation is 1. The predicted octanol–water partition coefficient (Wildman–Crippen LogP) is 3.98. The van der Waals surface area contributed by atoms with Gasteiger partial charge in [-0.2, -0.15) is 0 Å². The van der Waals surface area contributed by atoms with Crippen LogP contribution in [-0.4, -0.2) is 19.1 Å². The van der Waals surface area contributed by atoms with Gasteiger partial charge in [-0.1, -0.05) is 39.8 Å². The molecule has 0 fully saturated rings. The van der Waals surface area contributed by atoms with E-state index in [1.54, 1.807) is 0 Å². The maximum atomic E-state index is 4.55. The van der Waals surface area contributed by atoms with Gasteiger partial charge in [0.2, 0.25) is 0 Å². The summed E-state index contributed by atoms with van der Waals surface area (Å²) < 4.78 is 4.24. The molecular weight excluding hydrogens is 284 g/mol. The Balaban J connectivity index is 1.85. The lowest BCUT2D eigenvalue weighted by molar-refractivity contribution is 0.590. The van der Waals surface area contributed by atoms with Gasteiger partial charge in [0.25, 0.3) is 0 Å². The first-order valence-corrected chi connectivity index (χ1v) is 8.11. The van der Waals surface area contributed by atoms with E-state index in [4.69, 9.17) is 0 Å². The number of imidazole rings is 2. The Morgan fingerprint density at radius 1 is 1.13 bits per heavy atom. The lowest BCUT2D eigenvalue weighted by Crippen LogP contribution is -2.11. The van der Waals surface area contributed by atoms with Crippen LogP contribution in [0.4, 0.5) is 0 Å². The quantitative estimate of drug-likeness (QED) is 0.731. The molecule has 4 nitrogen and oxygen atoms in total. The molecule has 0 amide bonds. The molecule has 0 atom stereocenters. The van der Waals surface area contributed by atoms with Gasteiger partial charge >= 0.3 is 0 Å². The van der Waals surface area contributed by atoms with Crippen molar-refractivity contribution in [2.75, 3.05) is 0 Å². The van der Waals surface area contributed by atoms with Gasteiger partial charge in [-0.15, -0.1) is 0 Å². The highest BCUT2D eigenvalue weighted by Gasteiger charge is 2.14. The Morgan fingerprint density at radius 3 is 2.70 bits per heavy atom. The van der Waals surface area contributed by atoms with Crippen molar-refractivity contribution in [1.29, 1.82) is 0 Å². The number of hydrogen-bond acceptors (Lipinski definition) is 2. The van der Waals surface area contributed by atoms with Crippen LogP contribution in [0.2, 0.25) is 0 Å². The van der Waals surface area contributed by atoms with Crippen molar-refractivity contribution in [3.63, 3.8) is 0 Å². The second kappa shape index (κ2) is 6.03. The van der Waals surface area contributed by atoms with Gasteiger partial charge in [0.1, 0.15) is 5.82 Å². The van der Waals surface area contributed by atoms with Crippen molar-refractivity contribution in [2.45, 2.75) is 46.1 Å². The zero-order valence-electron chi connectivity index (χ0n) is 14.3. The monoisotopic (exact) mass is 308 g/mol. The van der Waals surface area contributed by atoms with E-state index < -0.39 is 0 Å². The van der Waals surface area contributed by atoms with Crippen LogP contribution in [0, 0.1) is 0 Å². The molecule has 3 rings (SSSR count).